The number of imidazole rings is 4. The second-order valence-corrected chi connectivity index (χ2v) is 38.7. The number of nitrogens with zero attached hydrogens (tertiary/aromatic N) is 21. The highest BCUT2D eigenvalue weighted by Gasteiger charge is 2.34. The molecule has 0 saturated carbocycles. The average Bonchev–Trinajstić information content (AvgIpc) is 1.68. The van der Waals surface area contributed by atoms with Crippen LogP contribution in [0.4, 0.5) is 57.0 Å². The Hall–Kier alpha value is -17.8. The van der Waals surface area contributed by atoms with Gasteiger partial charge in [0.1, 0.15) is 102 Å². The summed E-state index contributed by atoms with van der Waals surface area (Å²) >= 11 is 0. The van der Waals surface area contributed by atoms with E-state index >= 15 is 0 Å². The first-order chi connectivity index (χ1) is 71.5. The number of amides is 4. The van der Waals surface area contributed by atoms with Gasteiger partial charge in [-0.25, -0.2) is 4.79 Å². The lowest BCUT2D eigenvalue weighted by molar-refractivity contribution is -0.582. The molecule has 0 aliphatic rings. The van der Waals surface area contributed by atoms with E-state index in [0.717, 1.165) is 151 Å². The van der Waals surface area contributed by atoms with Crippen LogP contribution in [0.2, 0.25) is 0 Å². The molecule has 17 rings (SSSR count). The maximum absolute atomic E-state index is 13.5. The fraction of sp³-hybridized carbons (Fsp3) is 0.230. The molecule has 17 aromatic rings. The summed E-state index contributed by atoms with van der Waals surface area (Å²) < 4.78 is 21.8. The number of hydrogen-bond acceptors (Lipinski definition) is 15. The summed E-state index contributed by atoms with van der Waals surface area (Å²) in [6.07, 6.45) is 15.1. The maximum atomic E-state index is 13.5. The van der Waals surface area contributed by atoms with Gasteiger partial charge in [0.05, 0.1) is 53.7 Å². The Morgan fingerprint density at radius 3 is 0.667 bits per heavy atom. The van der Waals surface area contributed by atoms with E-state index in [9.17, 15) is 29.3 Å². The van der Waals surface area contributed by atoms with Crippen molar-refractivity contribution in [3.8, 4) is 45.5 Å². The van der Waals surface area contributed by atoms with Crippen molar-refractivity contribution >= 4 is 76.0 Å². The molecule has 4 heterocycles. The van der Waals surface area contributed by atoms with Crippen LogP contribution in [0, 0.1) is 176 Å². The third-order valence-electron chi connectivity index (χ3n) is 25.7. The van der Waals surface area contributed by atoms with Crippen LogP contribution in [-0.4, -0.2) is 47.0 Å². The summed E-state index contributed by atoms with van der Waals surface area (Å²) in [6, 6.07) is 77.5. The number of carbonyl (C=O) groups excluding carboxylic acids is 4. The van der Waals surface area contributed by atoms with Crippen LogP contribution < -0.4 is 38.3 Å². The summed E-state index contributed by atoms with van der Waals surface area (Å²) in [7, 11) is 0. The van der Waals surface area contributed by atoms with Crippen LogP contribution >= 0.6 is 0 Å². The van der Waals surface area contributed by atoms with Crippen molar-refractivity contribution in [2.24, 2.45) is 41.4 Å². The van der Waals surface area contributed by atoms with Crippen LogP contribution in [0.5, 0.6) is 0 Å². The van der Waals surface area contributed by atoms with Crippen molar-refractivity contribution in [2.75, 3.05) is 20.0 Å². The Kier molecular flexibility index (Phi) is 33.9. The molecule has 762 valence electrons. The lowest BCUT2D eigenvalue weighted by Crippen LogP contribution is -2.32. The molecule has 0 aliphatic heterocycles. The molecule has 4 amide bonds. The summed E-state index contributed by atoms with van der Waals surface area (Å²) in [5.74, 6) is 1.65. The Morgan fingerprint density at radius 2 is 0.460 bits per heavy atom. The molecule has 0 spiro atoms. The summed E-state index contributed by atoms with van der Waals surface area (Å²) in [5.41, 5.74) is 38.4. The van der Waals surface area contributed by atoms with Gasteiger partial charge in [0, 0.05) is 47.7 Å². The van der Waals surface area contributed by atoms with Crippen molar-refractivity contribution in [3.63, 3.8) is 0 Å². The van der Waals surface area contributed by atoms with Gasteiger partial charge in [0.2, 0.25) is 17.7 Å². The number of carbonyl (C=O) groups is 4. The molecule has 0 saturated heterocycles. The molecular weight excluding hydrogens is 1870 g/mol. The van der Waals surface area contributed by atoms with Crippen molar-refractivity contribution in [1.82, 2.24) is 18.3 Å². The predicted octanol–water partition coefficient (Wildman–Crippen LogP) is 28.3. The summed E-state index contributed by atoms with van der Waals surface area (Å²) in [4.78, 5) is 61.9. The van der Waals surface area contributed by atoms with Gasteiger partial charge >= 0.3 is 29.9 Å². The van der Waals surface area contributed by atoms with Gasteiger partial charge in [0.15, 0.2) is 0 Å². The third kappa shape index (κ3) is 24.4. The second-order valence-electron chi connectivity index (χ2n) is 38.7. The van der Waals surface area contributed by atoms with Crippen molar-refractivity contribution in [1.29, 1.82) is 0 Å². The maximum Gasteiger partial charge on any atom is 0.438 e. The largest absolute Gasteiger partial charge is 0.443 e. The van der Waals surface area contributed by atoms with Crippen molar-refractivity contribution < 1.29 is 47.1 Å². The van der Waals surface area contributed by atoms with Gasteiger partial charge < -0.3 is 4.74 Å². The molecule has 150 heavy (non-hydrogen) atoms. The highest BCUT2D eigenvalue weighted by Crippen LogP contribution is 2.37. The fourth-order valence-corrected chi connectivity index (χ4v) is 20.4. The molecule has 0 fully saturated rings. The van der Waals surface area contributed by atoms with E-state index in [0.29, 0.717) is 46.5 Å². The molecule has 0 N–H and O–H groups in total. The minimum atomic E-state index is -0.835. The van der Waals surface area contributed by atoms with Crippen molar-refractivity contribution in [3.05, 3.63) is 441 Å². The predicted molar refractivity (Wildman–Crippen MR) is 592 cm³/mol. The third-order valence-corrected chi connectivity index (χ3v) is 25.7. The van der Waals surface area contributed by atoms with Crippen LogP contribution in [0.15, 0.2) is 334 Å². The first kappa shape index (κ1) is 108. The molecule has 28 nitrogen and oxygen atoms in total. The van der Waals surface area contributed by atoms with E-state index in [1.165, 1.54) is 75.2 Å². The van der Waals surface area contributed by atoms with Gasteiger partial charge in [-0.15, -0.1) is 5.01 Å². The molecule has 0 unspecified atom stereocenters. The Balaban J connectivity index is 0.000000158. The van der Waals surface area contributed by atoms with E-state index in [1.54, 1.807) is 42.5 Å². The minimum absolute atomic E-state index is 0.135. The fourth-order valence-electron chi connectivity index (χ4n) is 20.4. The molecule has 0 atom stereocenters. The normalized spacial score (nSPS) is 11.2. The lowest BCUT2D eigenvalue weighted by atomic mass is 10.0. The van der Waals surface area contributed by atoms with E-state index in [1.807, 2.05) is 156 Å². The molecule has 28 heteroatoms. The molecule has 0 bridgehead atoms. The average molecular weight is 2000 g/mol. The van der Waals surface area contributed by atoms with Crippen LogP contribution in [0.3, 0.4) is 0 Å². The SMILES string of the molecule is CC(=O)N(N=Nc1n(-c2c(C)cc(C)cc2C)cc[n+]1-c1c(C)cc(C)cc1C)c1ccccc1.CC(=O)N(N=Nc1n(-c2c(C)cc(C)cc2C)cc[n+]1-c1c(C)cc(C)cc1C)c1ccccc1.CC(=O)N(N=Nc1n(-c2c(C)cc(C)cc2C)cc[n+]1-c1c(C)cc(C)cc1C)c1ccccc1.Cc1cc(C)c(-n2cc[n+](-c3c(C)cc(C)cc3C)c2N=NN(C(=O)OCc2ccccc2[N+](=O)[O-])c2ccccc2)c(C)c1. The zero-order chi connectivity index (χ0) is 108. The number of anilines is 4. The van der Waals surface area contributed by atoms with Gasteiger partial charge in [-0.2, -0.15) is 51.6 Å². The monoisotopic (exact) mass is 2000 g/mol. The van der Waals surface area contributed by atoms with Gasteiger partial charge in [-0.1, -0.05) is 226 Å². The standard InChI is InChI=1S/C35H35N6O4.3C29H32N5O/c1-23-18-25(3)32(26(4)19-23)38-16-17-39(33-27(5)20-24(2)21-28(33)6)34(38)36-37-40(30-13-8-7-9-14-30)35(42)45-22-29-12-10-11-15-31(29)41(43)44;3*1-19-15-21(3)27(22(4)16-19)32-13-14-33(28-23(5)17-20(2)18-24(28)6)29(32)30-31-34(25(7)35)26-11-9-8-10-12-26/h7-21H,22H2,1-6H3;3*8-18H,1-7H3/q4*+1. The van der Waals surface area contributed by atoms with E-state index in [-0.39, 0.29) is 35.6 Å². The topological polar surface area (TPSA) is 268 Å². The summed E-state index contributed by atoms with van der Waals surface area (Å²) in [6.45, 7) is 54.4. The molecular formula is C122H131N21O7+4. The van der Waals surface area contributed by atoms with Crippen LogP contribution in [-0.2, 0) is 25.7 Å². The first-order valence-corrected chi connectivity index (χ1v) is 49.7. The molecule has 13 aromatic carbocycles. The molecule has 0 aliphatic carbocycles. The Morgan fingerprint density at radius 1 is 0.273 bits per heavy atom. The van der Waals surface area contributed by atoms with Crippen molar-refractivity contribution in [2.45, 2.75) is 194 Å². The highest BCUT2D eigenvalue weighted by molar-refractivity contribution is 5.92. The number of nitro groups is 1. The number of rotatable bonds is 23. The number of ether oxygens (including phenoxy) is 1. The number of aromatic nitrogens is 8. The first-order valence-electron chi connectivity index (χ1n) is 49.7. The molecule has 0 radical (unpaired) electrons. The van der Waals surface area contributed by atoms with E-state index in [4.69, 9.17) is 9.85 Å². The van der Waals surface area contributed by atoms with Gasteiger partial charge in [-0.3, -0.25) is 24.5 Å². The minimum Gasteiger partial charge on any atom is -0.443 e. The van der Waals surface area contributed by atoms with Gasteiger partial charge in [-0.05, 0) is 310 Å². The number of para-hydroxylation sites is 5. The van der Waals surface area contributed by atoms with Crippen LogP contribution in [0.25, 0.3) is 45.5 Å². The smallest absolute Gasteiger partial charge is 0.438 e. The van der Waals surface area contributed by atoms with Gasteiger partial charge in [0.25, 0.3) is 5.69 Å². The Labute approximate surface area is 878 Å². The van der Waals surface area contributed by atoms with Crippen LogP contribution in [0.1, 0.15) is 160 Å². The Bertz CT molecular complexity index is 7100. The number of aryl methyl sites for hydroxylation is 24. The summed E-state index contributed by atoms with van der Waals surface area (Å²) in [5, 5.41) is 53.0. The quantitative estimate of drug-likeness (QED) is 0.0258. The number of benzene rings is 13. The molecule has 4 aromatic heterocycles. The highest BCUT2D eigenvalue weighted by atomic mass is 16.6. The van der Waals surface area contributed by atoms with E-state index in [2.05, 4.69) is 327 Å². The lowest BCUT2D eigenvalue weighted by Gasteiger charge is -2.15. The number of hydrogen-bond donors (Lipinski definition) is 0. The number of nitro benzene ring substituents is 1. The second kappa shape index (κ2) is 47.1. The van der Waals surface area contributed by atoms with E-state index < -0.39 is 11.0 Å². The zero-order valence-electron chi connectivity index (χ0n) is 90.7. The zero-order valence-corrected chi connectivity index (χ0v) is 90.7.